The predicted molar refractivity (Wildman–Crippen MR) is 94.8 cm³/mol. The first-order valence-corrected chi connectivity index (χ1v) is 8.82. The molecule has 26 heavy (non-hydrogen) atoms. The van der Waals surface area contributed by atoms with E-state index in [0.717, 1.165) is 5.56 Å². The van der Waals surface area contributed by atoms with Crippen molar-refractivity contribution in [3.8, 4) is 0 Å². The molecule has 2 N–H and O–H groups in total. The van der Waals surface area contributed by atoms with Crippen LogP contribution in [0.25, 0.3) is 0 Å². The summed E-state index contributed by atoms with van der Waals surface area (Å²) in [5.41, 5.74) is -0.507. The summed E-state index contributed by atoms with van der Waals surface area (Å²) in [6.07, 6.45) is -1.78. The number of hydrogen-bond donors (Lipinski definition) is 2. The van der Waals surface area contributed by atoms with Gasteiger partial charge in [-0.1, -0.05) is 37.3 Å². The van der Waals surface area contributed by atoms with Gasteiger partial charge in [-0.15, -0.1) is 4.65 Å². The Kier molecular flexibility index (Phi) is 5.51. The highest BCUT2D eigenvalue weighted by molar-refractivity contribution is 5.58. The van der Waals surface area contributed by atoms with Crippen LogP contribution in [0.4, 0.5) is 9.59 Å². The highest BCUT2D eigenvalue weighted by Gasteiger charge is 2.58. The Morgan fingerprint density at radius 3 is 2.27 bits per heavy atom. The molecule has 0 bridgehead atoms. The summed E-state index contributed by atoms with van der Waals surface area (Å²) < 4.78 is 5.31. The van der Waals surface area contributed by atoms with E-state index in [4.69, 9.17) is 9.57 Å². The molecule has 1 aromatic carbocycles. The third kappa shape index (κ3) is 3.77. The van der Waals surface area contributed by atoms with Crippen molar-refractivity contribution < 1.29 is 34.0 Å². The number of quaternary nitrogens is 1. The average molecular weight is 366 g/mol. The number of ether oxygens (including phenoxy) is 1. The zero-order valence-electron chi connectivity index (χ0n) is 15.8. The SMILES string of the molecule is CC[C@]1(OC(=O)O)CC[N+](OC(=O)O)(C(C)(C)C)C[C@H]1c1ccccc1. The highest BCUT2D eigenvalue weighted by atomic mass is 16.8. The Hall–Kier alpha value is -2.28. The predicted octanol–water partition coefficient (Wildman–Crippen LogP) is 4.24. The fourth-order valence-corrected chi connectivity index (χ4v) is 3.96. The molecule has 1 saturated heterocycles. The molecule has 0 radical (unpaired) electrons. The van der Waals surface area contributed by atoms with Crippen molar-refractivity contribution >= 4 is 12.3 Å². The molecule has 1 unspecified atom stereocenters. The third-order valence-corrected chi connectivity index (χ3v) is 5.58. The number of carboxylic acid groups (broad SMARTS) is 2. The number of hydroxylamine groups is 3. The third-order valence-electron chi connectivity index (χ3n) is 5.58. The van der Waals surface area contributed by atoms with Crippen molar-refractivity contribution in [2.24, 2.45) is 0 Å². The summed E-state index contributed by atoms with van der Waals surface area (Å²) >= 11 is 0. The number of piperidine rings is 1. The van der Waals surface area contributed by atoms with Gasteiger partial charge in [-0.05, 0) is 32.8 Å². The van der Waals surface area contributed by atoms with Crippen LogP contribution < -0.4 is 0 Å². The van der Waals surface area contributed by atoms with Gasteiger partial charge in [0.25, 0.3) is 0 Å². The van der Waals surface area contributed by atoms with Crippen molar-refractivity contribution in [2.45, 2.75) is 57.6 Å². The van der Waals surface area contributed by atoms with Gasteiger partial charge >= 0.3 is 12.3 Å². The van der Waals surface area contributed by atoms with Crippen molar-refractivity contribution in [1.29, 1.82) is 0 Å². The van der Waals surface area contributed by atoms with Crippen LogP contribution in [0.2, 0.25) is 0 Å². The second kappa shape index (κ2) is 7.15. The maximum Gasteiger partial charge on any atom is 0.557 e. The van der Waals surface area contributed by atoms with Crippen LogP contribution in [-0.2, 0) is 9.57 Å². The standard InChI is InChI=1S/C19H27NO6/c1-5-19(25-16(21)22)11-12-20(18(2,3)4,26-17(23)24)13-15(19)14-9-7-6-8-10-14/h6-10,15H,5,11-13H2,1-4H3,(H-,21,22,23,24)/p+1/t15-,19-,20?/m0/s1. The van der Waals surface area contributed by atoms with Crippen molar-refractivity contribution in [3.63, 3.8) is 0 Å². The van der Waals surface area contributed by atoms with E-state index in [9.17, 15) is 19.8 Å². The average Bonchev–Trinajstić information content (AvgIpc) is 2.55. The van der Waals surface area contributed by atoms with E-state index in [1.165, 1.54) is 0 Å². The summed E-state index contributed by atoms with van der Waals surface area (Å²) in [5, 5.41) is 18.6. The Morgan fingerprint density at radius 1 is 1.19 bits per heavy atom. The van der Waals surface area contributed by atoms with E-state index >= 15 is 0 Å². The molecule has 1 fully saturated rings. The molecule has 2 rings (SSSR count). The molecule has 1 heterocycles. The Morgan fingerprint density at radius 2 is 1.81 bits per heavy atom. The van der Waals surface area contributed by atoms with Crippen LogP contribution >= 0.6 is 0 Å². The van der Waals surface area contributed by atoms with Crippen molar-refractivity contribution in [3.05, 3.63) is 35.9 Å². The molecular weight excluding hydrogens is 338 g/mol. The molecule has 0 amide bonds. The Labute approximate surface area is 153 Å². The van der Waals surface area contributed by atoms with Crippen LogP contribution in [0.5, 0.6) is 0 Å². The first kappa shape index (κ1) is 20.0. The first-order valence-electron chi connectivity index (χ1n) is 8.82. The number of hydrogen-bond acceptors (Lipinski definition) is 4. The zero-order valence-corrected chi connectivity index (χ0v) is 15.8. The van der Waals surface area contributed by atoms with Crippen LogP contribution in [0, 0.1) is 0 Å². The fraction of sp³-hybridized carbons (Fsp3) is 0.579. The Bertz CT molecular complexity index is 656. The van der Waals surface area contributed by atoms with Gasteiger partial charge in [0.05, 0.1) is 5.92 Å². The van der Waals surface area contributed by atoms with Gasteiger partial charge in [0, 0.05) is 6.42 Å². The normalized spacial score (nSPS) is 29.0. The summed E-state index contributed by atoms with van der Waals surface area (Å²) in [6, 6.07) is 9.49. The lowest BCUT2D eigenvalue weighted by Crippen LogP contribution is -2.68. The van der Waals surface area contributed by atoms with E-state index < -0.39 is 23.5 Å². The van der Waals surface area contributed by atoms with E-state index in [-0.39, 0.29) is 10.6 Å². The van der Waals surface area contributed by atoms with E-state index in [0.29, 0.717) is 25.9 Å². The number of likely N-dealkylation sites (tertiary alicyclic amines) is 1. The second-order valence-electron chi connectivity index (χ2n) is 7.82. The number of nitrogens with zero attached hydrogens (tertiary/aromatic N) is 1. The van der Waals surface area contributed by atoms with Gasteiger partial charge in [-0.25, -0.2) is 9.63 Å². The lowest BCUT2D eigenvalue weighted by atomic mass is 9.73. The second-order valence-corrected chi connectivity index (χ2v) is 7.82. The van der Waals surface area contributed by atoms with Gasteiger partial charge < -0.3 is 14.9 Å². The van der Waals surface area contributed by atoms with Gasteiger partial charge in [0.15, 0.2) is 0 Å². The molecular formula is C19H28NO6+. The maximum absolute atomic E-state index is 11.4. The maximum atomic E-state index is 11.4. The summed E-state index contributed by atoms with van der Waals surface area (Å²) in [6.45, 7) is 8.33. The molecule has 7 heteroatoms. The number of carbonyl (C=O) groups is 2. The molecule has 3 atom stereocenters. The molecule has 1 aliphatic heterocycles. The van der Waals surface area contributed by atoms with Crippen molar-refractivity contribution in [2.75, 3.05) is 13.1 Å². The lowest BCUT2D eigenvalue weighted by Gasteiger charge is -2.53. The largest absolute Gasteiger partial charge is 0.557 e. The van der Waals surface area contributed by atoms with Crippen molar-refractivity contribution in [1.82, 2.24) is 0 Å². The minimum atomic E-state index is -1.34. The molecule has 0 aliphatic carbocycles. The van der Waals surface area contributed by atoms with Gasteiger partial charge in [-0.2, -0.15) is 4.79 Å². The molecule has 1 aromatic rings. The fourth-order valence-electron chi connectivity index (χ4n) is 3.96. The highest BCUT2D eigenvalue weighted by Crippen LogP contribution is 2.46. The van der Waals surface area contributed by atoms with Crippen LogP contribution in [-0.4, -0.2) is 51.4 Å². The van der Waals surface area contributed by atoms with Crippen LogP contribution in [0.1, 0.15) is 52.0 Å². The molecule has 0 spiro atoms. The molecule has 144 valence electrons. The monoisotopic (exact) mass is 366 g/mol. The molecule has 1 aliphatic rings. The van der Waals surface area contributed by atoms with Gasteiger partial charge in [-0.3, -0.25) is 0 Å². The minimum absolute atomic E-state index is 0.105. The molecule has 0 aromatic heterocycles. The summed E-state index contributed by atoms with van der Waals surface area (Å²) in [7, 11) is 0. The van der Waals surface area contributed by atoms with Gasteiger partial charge in [0.1, 0.15) is 24.2 Å². The minimum Gasteiger partial charge on any atom is -0.450 e. The topological polar surface area (TPSA) is 93.1 Å². The number of benzene rings is 1. The number of rotatable bonds is 4. The van der Waals surface area contributed by atoms with E-state index in [1.807, 2.05) is 58.0 Å². The summed E-state index contributed by atoms with van der Waals surface area (Å²) in [4.78, 5) is 28.2. The zero-order chi connectivity index (χ0) is 19.6. The van der Waals surface area contributed by atoms with E-state index in [2.05, 4.69) is 0 Å². The summed E-state index contributed by atoms with van der Waals surface area (Å²) in [5.74, 6) is -0.322. The van der Waals surface area contributed by atoms with Crippen LogP contribution in [0.3, 0.4) is 0 Å². The van der Waals surface area contributed by atoms with E-state index in [1.54, 1.807) is 0 Å². The first-order chi connectivity index (χ1) is 12.1. The Balaban J connectivity index is 2.54. The molecule has 0 saturated carbocycles. The van der Waals surface area contributed by atoms with Crippen LogP contribution in [0.15, 0.2) is 30.3 Å². The van der Waals surface area contributed by atoms with Gasteiger partial charge in [0.2, 0.25) is 0 Å². The smallest absolute Gasteiger partial charge is 0.450 e. The quantitative estimate of drug-likeness (QED) is 0.611. The molecule has 7 nitrogen and oxygen atoms in total. The lowest BCUT2D eigenvalue weighted by molar-refractivity contribution is -1.13.